The van der Waals surface area contributed by atoms with Crippen molar-refractivity contribution in [1.82, 2.24) is 0 Å². The van der Waals surface area contributed by atoms with Gasteiger partial charge in [0.15, 0.2) is 6.29 Å². The summed E-state index contributed by atoms with van der Waals surface area (Å²) < 4.78 is 33.1. The Bertz CT molecular complexity index is 317. The zero-order valence-electron chi connectivity index (χ0n) is 8.65. The van der Waals surface area contributed by atoms with Gasteiger partial charge >= 0.3 is 0 Å². The minimum atomic E-state index is -3.45. The fourth-order valence-corrected chi connectivity index (χ4v) is 2.98. The molecular weight excluding hydrogens is 218 g/mol. The zero-order valence-corrected chi connectivity index (χ0v) is 9.46. The van der Waals surface area contributed by atoms with Gasteiger partial charge < -0.3 is 9.47 Å². The van der Waals surface area contributed by atoms with E-state index in [1.807, 2.05) is 0 Å². The van der Waals surface area contributed by atoms with Crippen LogP contribution in [0.5, 0.6) is 0 Å². The predicted octanol–water partition coefficient (Wildman–Crippen LogP) is 0.351. The van der Waals surface area contributed by atoms with Gasteiger partial charge in [0.05, 0.1) is 11.4 Å². The van der Waals surface area contributed by atoms with Crippen LogP contribution in [0, 0.1) is 0 Å². The Kier molecular flexibility index (Phi) is 3.03. The van der Waals surface area contributed by atoms with Crippen LogP contribution >= 0.6 is 0 Å². The van der Waals surface area contributed by atoms with Crippen molar-refractivity contribution >= 4 is 10.0 Å². The lowest BCUT2D eigenvalue weighted by Crippen LogP contribution is -2.36. The predicted molar refractivity (Wildman–Crippen MR) is 54.6 cm³/mol. The lowest BCUT2D eigenvalue weighted by molar-refractivity contribution is -0.191. The number of rotatable bonds is 4. The van der Waals surface area contributed by atoms with Crippen molar-refractivity contribution < 1.29 is 17.9 Å². The molecule has 1 atom stereocenters. The average Bonchev–Trinajstić information content (AvgIpc) is 2.83. The van der Waals surface area contributed by atoms with Crippen LogP contribution in [-0.4, -0.2) is 32.7 Å². The minimum Gasteiger partial charge on any atom is -0.353 e. The standard InChI is InChI=1S/C9H17NO4S/c10-15(11,12)7-9(4-5-9)14-8-3-1-2-6-13-8/h8H,1-7H2,(H2,10,11,12)/t8-/m1/s1. The van der Waals surface area contributed by atoms with Crippen molar-refractivity contribution in [3.05, 3.63) is 0 Å². The highest BCUT2D eigenvalue weighted by atomic mass is 32.2. The summed E-state index contributed by atoms with van der Waals surface area (Å²) in [5.74, 6) is -0.0835. The van der Waals surface area contributed by atoms with Crippen molar-refractivity contribution in [1.29, 1.82) is 0 Å². The molecule has 88 valence electrons. The van der Waals surface area contributed by atoms with Gasteiger partial charge in [0.1, 0.15) is 0 Å². The molecule has 0 spiro atoms. The number of ether oxygens (including phenoxy) is 2. The molecule has 1 aliphatic carbocycles. The van der Waals surface area contributed by atoms with Gasteiger partial charge in [-0.25, -0.2) is 13.6 Å². The second kappa shape index (κ2) is 4.01. The molecule has 1 heterocycles. The zero-order chi connectivity index (χ0) is 10.9. The fraction of sp³-hybridized carbons (Fsp3) is 1.00. The molecule has 0 unspecified atom stereocenters. The van der Waals surface area contributed by atoms with E-state index in [0.29, 0.717) is 6.61 Å². The molecular formula is C9H17NO4S. The van der Waals surface area contributed by atoms with Gasteiger partial charge in [-0.1, -0.05) is 0 Å². The van der Waals surface area contributed by atoms with Crippen LogP contribution in [0.1, 0.15) is 32.1 Å². The molecule has 2 rings (SSSR count). The summed E-state index contributed by atoms with van der Waals surface area (Å²) in [7, 11) is -3.45. The van der Waals surface area contributed by atoms with Crippen LogP contribution in [0.4, 0.5) is 0 Å². The molecule has 1 aliphatic heterocycles. The number of hydrogen-bond acceptors (Lipinski definition) is 4. The van der Waals surface area contributed by atoms with E-state index in [1.54, 1.807) is 0 Å². The molecule has 2 N–H and O–H groups in total. The normalized spacial score (nSPS) is 30.1. The van der Waals surface area contributed by atoms with Gasteiger partial charge in [-0.3, -0.25) is 0 Å². The Morgan fingerprint density at radius 2 is 2.13 bits per heavy atom. The van der Waals surface area contributed by atoms with Crippen molar-refractivity contribution in [2.45, 2.75) is 44.0 Å². The number of hydrogen-bond donors (Lipinski definition) is 1. The lowest BCUT2D eigenvalue weighted by atomic mass is 10.2. The van der Waals surface area contributed by atoms with E-state index in [0.717, 1.165) is 32.1 Å². The Balaban J connectivity index is 1.87. The molecule has 0 bridgehead atoms. The Morgan fingerprint density at radius 1 is 1.40 bits per heavy atom. The first-order valence-corrected chi connectivity index (χ1v) is 7.01. The number of sulfonamides is 1. The van der Waals surface area contributed by atoms with Crippen molar-refractivity contribution in [2.75, 3.05) is 12.4 Å². The minimum absolute atomic E-state index is 0.0835. The van der Waals surface area contributed by atoms with Gasteiger partial charge in [0, 0.05) is 6.61 Å². The SMILES string of the molecule is NS(=O)(=O)CC1(O[C@@H]2CCCCO2)CC1. The lowest BCUT2D eigenvalue weighted by Gasteiger charge is -2.27. The third-order valence-electron chi connectivity index (χ3n) is 2.79. The molecule has 0 aromatic heterocycles. The molecule has 15 heavy (non-hydrogen) atoms. The summed E-state index contributed by atoms with van der Waals surface area (Å²) in [5.41, 5.74) is -0.546. The maximum absolute atomic E-state index is 11.0. The Hall–Kier alpha value is -0.170. The Labute approximate surface area is 90.0 Å². The van der Waals surface area contributed by atoms with E-state index in [4.69, 9.17) is 14.6 Å². The fourth-order valence-electron chi connectivity index (χ4n) is 1.89. The van der Waals surface area contributed by atoms with Gasteiger partial charge in [0.25, 0.3) is 0 Å². The number of primary sulfonamides is 1. The summed E-state index contributed by atoms with van der Waals surface area (Å²) in [6, 6.07) is 0. The summed E-state index contributed by atoms with van der Waals surface area (Å²) in [6.45, 7) is 0.704. The summed E-state index contributed by atoms with van der Waals surface area (Å²) in [6.07, 6.45) is 4.29. The van der Waals surface area contributed by atoms with E-state index in [-0.39, 0.29) is 12.0 Å². The largest absolute Gasteiger partial charge is 0.353 e. The van der Waals surface area contributed by atoms with E-state index >= 15 is 0 Å². The van der Waals surface area contributed by atoms with E-state index in [1.165, 1.54) is 0 Å². The van der Waals surface area contributed by atoms with Crippen molar-refractivity contribution in [2.24, 2.45) is 5.14 Å². The maximum atomic E-state index is 11.0. The van der Waals surface area contributed by atoms with Crippen LogP contribution in [0.25, 0.3) is 0 Å². The Morgan fingerprint density at radius 3 is 2.60 bits per heavy atom. The first kappa shape index (κ1) is 11.3. The van der Waals surface area contributed by atoms with Crippen LogP contribution in [0.2, 0.25) is 0 Å². The smallest absolute Gasteiger partial charge is 0.211 e. The van der Waals surface area contributed by atoms with Crippen LogP contribution in [0.15, 0.2) is 0 Å². The highest BCUT2D eigenvalue weighted by Gasteiger charge is 2.48. The second-order valence-electron chi connectivity index (χ2n) is 4.40. The molecule has 6 heteroatoms. The molecule has 5 nitrogen and oxygen atoms in total. The van der Waals surface area contributed by atoms with Gasteiger partial charge in [-0.05, 0) is 32.1 Å². The summed E-state index contributed by atoms with van der Waals surface area (Å²) >= 11 is 0. The van der Waals surface area contributed by atoms with Crippen LogP contribution in [-0.2, 0) is 19.5 Å². The molecule has 2 fully saturated rings. The van der Waals surface area contributed by atoms with Gasteiger partial charge in [0.2, 0.25) is 10.0 Å². The van der Waals surface area contributed by atoms with E-state index < -0.39 is 15.6 Å². The molecule has 2 aliphatic rings. The van der Waals surface area contributed by atoms with Gasteiger partial charge in [-0.2, -0.15) is 0 Å². The molecule has 0 radical (unpaired) electrons. The van der Waals surface area contributed by atoms with E-state index in [2.05, 4.69) is 0 Å². The second-order valence-corrected chi connectivity index (χ2v) is 6.02. The summed E-state index contributed by atoms with van der Waals surface area (Å²) in [4.78, 5) is 0. The summed E-state index contributed by atoms with van der Waals surface area (Å²) in [5, 5.41) is 5.02. The maximum Gasteiger partial charge on any atom is 0.211 e. The molecule has 1 saturated carbocycles. The quantitative estimate of drug-likeness (QED) is 0.762. The van der Waals surface area contributed by atoms with Crippen molar-refractivity contribution in [3.63, 3.8) is 0 Å². The molecule has 0 aromatic rings. The van der Waals surface area contributed by atoms with Crippen molar-refractivity contribution in [3.8, 4) is 0 Å². The third kappa shape index (κ3) is 3.41. The highest BCUT2D eigenvalue weighted by molar-refractivity contribution is 7.89. The molecule has 0 aromatic carbocycles. The van der Waals surface area contributed by atoms with Gasteiger partial charge in [-0.15, -0.1) is 0 Å². The third-order valence-corrected chi connectivity index (χ3v) is 3.72. The van der Waals surface area contributed by atoms with Crippen LogP contribution < -0.4 is 5.14 Å². The highest BCUT2D eigenvalue weighted by Crippen LogP contribution is 2.42. The monoisotopic (exact) mass is 235 g/mol. The topological polar surface area (TPSA) is 78.6 Å². The van der Waals surface area contributed by atoms with E-state index in [9.17, 15) is 8.42 Å². The number of nitrogens with two attached hydrogens (primary N) is 1. The first-order valence-electron chi connectivity index (χ1n) is 5.29. The van der Waals surface area contributed by atoms with Crippen LogP contribution in [0.3, 0.4) is 0 Å². The first-order chi connectivity index (χ1) is 6.99. The average molecular weight is 235 g/mol. The molecule has 1 saturated heterocycles. The molecule has 0 amide bonds.